The minimum absolute atomic E-state index is 0.173. The Labute approximate surface area is 135 Å². The number of carbonyl (C=O) groups excluding carboxylic acids is 2. The van der Waals surface area contributed by atoms with E-state index >= 15 is 0 Å². The normalized spacial score (nSPS) is 16.2. The van der Waals surface area contributed by atoms with Gasteiger partial charge in [0.15, 0.2) is 0 Å². The number of amides is 1. The van der Waals surface area contributed by atoms with Crippen LogP contribution in [0.3, 0.4) is 0 Å². The van der Waals surface area contributed by atoms with Crippen LogP contribution in [0.4, 0.5) is 4.79 Å². The molecule has 6 nitrogen and oxygen atoms in total. The Morgan fingerprint density at radius 2 is 2.00 bits per heavy atom. The molecule has 0 bridgehead atoms. The van der Waals surface area contributed by atoms with Crippen LogP contribution in [0.15, 0.2) is 29.2 Å². The standard InChI is InChI=1S/C14H11NO5S2/c1-20-11(16)7-15-12(21)10(22-14(15)19)6-8-2-4-9(5-3-8)13(17)18/h2-6H,7H2,1H3,(H,17,18). The van der Waals surface area contributed by atoms with Gasteiger partial charge in [0.05, 0.1) is 17.6 Å². The van der Waals surface area contributed by atoms with E-state index in [0.717, 1.165) is 11.8 Å². The number of hydrogen-bond donors (Lipinski definition) is 1. The second kappa shape index (κ2) is 6.71. The maximum absolute atomic E-state index is 11.9. The highest BCUT2D eigenvalue weighted by Gasteiger charge is 2.33. The van der Waals surface area contributed by atoms with E-state index in [-0.39, 0.29) is 22.3 Å². The summed E-state index contributed by atoms with van der Waals surface area (Å²) >= 11 is 6.11. The van der Waals surface area contributed by atoms with E-state index in [1.807, 2.05) is 0 Å². The molecule has 1 N–H and O–H groups in total. The minimum atomic E-state index is -1.01. The number of aromatic carboxylic acids is 1. The van der Waals surface area contributed by atoms with Gasteiger partial charge in [-0.05, 0) is 35.5 Å². The van der Waals surface area contributed by atoms with Gasteiger partial charge in [-0.2, -0.15) is 0 Å². The van der Waals surface area contributed by atoms with Crippen molar-refractivity contribution in [3.8, 4) is 0 Å². The van der Waals surface area contributed by atoms with Crippen LogP contribution >= 0.6 is 24.0 Å². The summed E-state index contributed by atoms with van der Waals surface area (Å²) in [4.78, 5) is 35.9. The monoisotopic (exact) mass is 337 g/mol. The molecule has 0 unspecified atom stereocenters. The van der Waals surface area contributed by atoms with E-state index in [4.69, 9.17) is 17.3 Å². The van der Waals surface area contributed by atoms with Crippen molar-refractivity contribution in [2.24, 2.45) is 0 Å². The van der Waals surface area contributed by atoms with E-state index in [1.54, 1.807) is 18.2 Å². The molecule has 1 aromatic carbocycles. The van der Waals surface area contributed by atoms with Gasteiger partial charge >= 0.3 is 11.9 Å². The molecular formula is C14H11NO5S2. The number of nitrogens with zero attached hydrogens (tertiary/aromatic N) is 1. The van der Waals surface area contributed by atoms with Crippen LogP contribution in [-0.4, -0.2) is 45.8 Å². The van der Waals surface area contributed by atoms with Crippen molar-refractivity contribution in [3.63, 3.8) is 0 Å². The molecule has 0 saturated carbocycles. The highest BCUT2D eigenvalue weighted by molar-refractivity contribution is 8.19. The zero-order valence-electron chi connectivity index (χ0n) is 11.4. The first-order valence-electron chi connectivity index (χ1n) is 6.08. The zero-order chi connectivity index (χ0) is 16.3. The van der Waals surface area contributed by atoms with Crippen molar-refractivity contribution in [3.05, 3.63) is 40.3 Å². The maximum Gasteiger partial charge on any atom is 0.335 e. The number of carboxylic acids is 1. The average molecular weight is 337 g/mol. The fraction of sp³-hybridized carbons (Fsp3) is 0.143. The lowest BCUT2D eigenvalue weighted by molar-refractivity contribution is -0.140. The lowest BCUT2D eigenvalue weighted by atomic mass is 10.1. The van der Waals surface area contributed by atoms with Crippen molar-refractivity contribution in [2.45, 2.75) is 0 Å². The topological polar surface area (TPSA) is 83.9 Å². The Morgan fingerprint density at radius 3 is 2.55 bits per heavy atom. The Morgan fingerprint density at radius 1 is 1.36 bits per heavy atom. The number of carbonyl (C=O) groups is 3. The molecule has 0 radical (unpaired) electrons. The molecule has 1 heterocycles. The number of thioether (sulfide) groups is 1. The maximum atomic E-state index is 11.9. The van der Waals surface area contributed by atoms with Crippen molar-refractivity contribution >= 4 is 52.2 Å². The number of carboxylic acid groups (broad SMARTS) is 1. The first kappa shape index (κ1) is 16.2. The van der Waals surface area contributed by atoms with Crippen molar-refractivity contribution < 1.29 is 24.2 Å². The van der Waals surface area contributed by atoms with Gasteiger partial charge in [0.25, 0.3) is 5.24 Å². The summed E-state index contributed by atoms with van der Waals surface area (Å²) in [5.74, 6) is -1.56. The lowest BCUT2D eigenvalue weighted by Gasteiger charge is -2.12. The summed E-state index contributed by atoms with van der Waals surface area (Å²) in [5.41, 5.74) is 0.884. The Kier molecular flexibility index (Phi) is 4.94. The van der Waals surface area contributed by atoms with Crippen molar-refractivity contribution in [1.82, 2.24) is 4.90 Å². The van der Waals surface area contributed by atoms with Crippen LogP contribution in [0, 0.1) is 0 Å². The minimum Gasteiger partial charge on any atom is -0.478 e. The highest BCUT2D eigenvalue weighted by Crippen LogP contribution is 2.33. The number of hydrogen-bond acceptors (Lipinski definition) is 6. The number of benzene rings is 1. The van der Waals surface area contributed by atoms with Crippen LogP contribution < -0.4 is 0 Å². The van der Waals surface area contributed by atoms with E-state index < -0.39 is 11.9 Å². The Hall–Kier alpha value is -2.19. The van der Waals surface area contributed by atoms with Gasteiger partial charge in [-0.1, -0.05) is 24.4 Å². The smallest absolute Gasteiger partial charge is 0.335 e. The van der Waals surface area contributed by atoms with Gasteiger partial charge in [0.1, 0.15) is 11.5 Å². The number of rotatable bonds is 4. The molecule has 0 spiro atoms. The Balaban J connectivity index is 2.19. The van der Waals surface area contributed by atoms with Gasteiger partial charge in [0, 0.05) is 0 Å². The summed E-state index contributed by atoms with van der Waals surface area (Å²) in [6.45, 7) is -0.226. The predicted molar refractivity (Wildman–Crippen MR) is 85.7 cm³/mol. The summed E-state index contributed by atoms with van der Waals surface area (Å²) in [5, 5.41) is 8.50. The van der Waals surface area contributed by atoms with Gasteiger partial charge in [-0.3, -0.25) is 14.5 Å². The molecule has 22 heavy (non-hydrogen) atoms. The SMILES string of the molecule is COC(=O)CN1C(=O)SC(=Cc2ccc(C(=O)O)cc2)C1=S. The van der Waals surface area contributed by atoms with E-state index in [1.165, 1.54) is 24.1 Å². The van der Waals surface area contributed by atoms with Gasteiger partial charge in [-0.25, -0.2) is 4.79 Å². The first-order valence-corrected chi connectivity index (χ1v) is 7.30. The molecule has 114 valence electrons. The molecule has 2 rings (SSSR count). The third-order valence-corrected chi connectivity index (χ3v) is 4.34. The molecule has 1 aliphatic heterocycles. The summed E-state index contributed by atoms with van der Waals surface area (Å²) in [6.07, 6.45) is 1.67. The molecule has 1 aromatic rings. The molecule has 1 amide bonds. The molecule has 8 heteroatoms. The van der Waals surface area contributed by atoms with Crippen molar-refractivity contribution in [2.75, 3.05) is 13.7 Å². The number of esters is 1. The van der Waals surface area contributed by atoms with Gasteiger partial charge in [-0.15, -0.1) is 0 Å². The third-order valence-electron chi connectivity index (χ3n) is 2.84. The summed E-state index contributed by atoms with van der Waals surface area (Å²) < 4.78 is 4.52. The molecular weight excluding hydrogens is 326 g/mol. The number of ether oxygens (including phenoxy) is 1. The molecule has 0 aromatic heterocycles. The first-order chi connectivity index (χ1) is 10.4. The van der Waals surface area contributed by atoms with Crippen LogP contribution in [0.5, 0.6) is 0 Å². The van der Waals surface area contributed by atoms with E-state index in [2.05, 4.69) is 4.74 Å². The van der Waals surface area contributed by atoms with E-state index in [9.17, 15) is 14.4 Å². The lowest BCUT2D eigenvalue weighted by Crippen LogP contribution is -2.33. The molecule has 1 saturated heterocycles. The second-order valence-electron chi connectivity index (χ2n) is 4.27. The quantitative estimate of drug-likeness (QED) is 0.513. The van der Waals surface area contributed by atoms with Gasteiger partial charge < -0.3 is 9.84 Å². The Bertz CT molecular complexity index is 681. The van der Waals surface area contributed by atoms with Crippen molar-refractivity contribution in [1.29, 1.82) is 0 Å². The molecule has 0 atom stereocenters. The fourth-order valence-electron chi connectivity index (χ4n) is 1.70. The van der Waals surface area contributed by atoms with E-state index in [0.29, 0.717) is 10.5 Å². The number of methoxy groups -OCH3 is 1. The van der Waals surface area contributed by atoms with Crippen LogP contribution in [0.1, 0.15) is 15.9 Å². The zero-order valence-corrected chi connectivity index (χ0v) is 13.1. The second-order valence-corrected chi connectivity index (χ2v) is 5.65. The average Bonchev–Trinajstić information content (AvgIpc) is 2.75. The van der Waals surface area contributed by atoms with Crippen LogP contribution in [0.25, 0.3) is 6.08 Å². The number of thiocarbonyl (C=S) groups is 1. The highest BCUT2D eigenvalue weighted by atomic mass is 32.2. The summed E-state index contributed by atoms with van der Waals surface area (Å²) in [7, 11) is 1.24. The molecule has 0 aliphatic carbocycles. The predicted octanol–water partition coefficient (Wildman–Crippen LogP) is 2.39. The molecule has 1 aliphatic rings. The van der Waals surface area contributed by atoms with Crippen LogP contribution in [-0.2, 0) is 9.53 Å². The fourth-order valence-corrected chi connectivity index (χ4v) is 2.94. The summed E-state index contributed by atoms with van der Waals surface area (Å²) in [6, 6.07) is 6.16. The van der Waals surface area contributed by atoms with Crippen LogP contribution in [0.2, 0.25) is 0 Å². The third kappa shape index (κ3) is 3.52. The molecule has 1 fully saturated rings. The largest absolute Gasteiger partial charge is 0.478 e. The van der Waals surface area contributed by atoms with Gasteiger partial charge in [0.2, 0.25) is 0 Å².